The summed E-state index contributed by atoms with van der Waals surface area (Å²) in [6.45, 7) is 2.01. The summed E-state index contributed by atoms with van der Waals surface area (Å²) in [6, 6.07) is 0. The van der Waals surface area contributed by atoms with Crippen molar-refractivity contribution in [1.29, 1.82) is 0 Å². The van der Waals surface area contributed by atoms with Gasteiger partial charge in [-0.3, -0.25) is 0 Å². The van der Waals surface area contributed by atoms with Crippen LogP contribution in [0.1, 0.15) is 6.92 Å². The van der Waals surface area contributed by atoms with Crippen LogP contribution in [0, 0.1) is 5.92 Å². The van der Waals surface area contributed by atoms with Crippen molar-refractivity contribution in [2.75, 3.05) is 0 Å². The summed E-state index contributed by atoms with van der Waals surface area (Å²) < 4.78 is 0. The van der Waals surface area contributed by atoms with Crippen LogP contribution in [-0.4, -0.2) is 5.87 Å². The van der Waals surface area contributed by atoms with Crippen LogP contribution in [0.3, 0.4) is 0 Å². The van der Waals surface area contributed by atoms with Crippen molar-refractivity contribution in [2.24, 2.45) is 4.99 Å². The number of rotatable bonds is 0. The molecule has 0 aromatic carbocycles. The molecule has 0 saturated heterocycles. The van der Waals surface area contributed by atoms with Crippen molar-refractivity contribution in [1.82, 2.24) is 0 Å². The largest absolute Gasteiger partial charge is 1.00 e. The van der Waals surface area contributed by atoms with Crippen LogP contribution in [0.2, 0.25) is 0 Å². The number of halogens is 1. The van der Waals surface area contributed by atoms with E-state index in [0.29, 0.717) is 0 Å². The molecular weight excluding hydrogens is 231 g/mol. The van der Waals surface area contributed by atoms with Crippen LogP contribution in [0.5, 0.6) is 0 Å². The van der Waals surface area contributed by atoms with Gasteiger partial charge in [-0.15, -0.1) is 0 Å². The number of allylic oxidation sites excluding steroid dienone is 2. The average Bonchev–Trinajstić information content (AvgIpc) is 1.69. The van der Waals surface area contributed by atoms with E-state index in [1.54, 1.807) is 6.20 Å². The first-order chi connectivity index (χ1) is 3.39. The van der Waals surface area contributed by atoms with Crippen molar-refractivity contribution in [3.63, 3.8) is 0 Å². The van der Waals surface area contributed by atoms with E-state index in [9.17, 15) is 0 Å². The van der Waals surface area contributed by atoms with Gasteiger partial charge in [0.2, 0.25) is 0 Å². The maximum atomic E-state index is 3.72. The molecule has 1 rings (SSSR count). The smallest absolute Gasteiger partial charge is 0.0337 e. The molecule has 0 N–H and O–H groups in total. The predicted octanol–water partition coefficient (Wildman–Crippen LogP) is -1.66. The summed E-state index contributed by atoms with van der Waals surface area (Å²) in [4.78, 5) is 3.72. The van der Waals surface area contributed by atoms with E-state index in [2.05, 4.69) is 10.9 Å². The second-order valence-electron chi connectivity index (χ2n) is 1.46. The minimum atomic E-state index is 0. The molecule has 0 unspecified atom stereocenters. The molecule has 0 fully saturated rings. The van der Waals surface area contributed by atoms with Gasteiger partial charge in [-0.1, -0.05) is 13.0 Å². The quantitative estimate of drug-likeness (QED) is 0.447. The minimum Gasteiger partial charge on any atom is -1.00 e. The van der Waals surface area contributed by atoms with E-state index < -0.39 is 0 Å². The third-order valence-electron chi connectivity index (χ3n) is 0.779. The summed E-state index contributed by atoms with van der Waals surface area (Å²) in [5, 5.41) is 0. The van der Waals surface area contributed by atoms with Gasteiger partial charge in [-0.05, 0) is 11.9 Å². The monoisotopic (exact) mass is 235 g/mol. The Morgan fingerprint density at radius 2 is 2.22 bits per heavy atom. The molecule has 0 aromatic rings. The summed E-state index contributed by atoms with van der Waals surface area (Å²) in [6.07, 6.45) is 5.52. The number of hydrogen-bond donors (Lipinski definition) is 0. The summed E-state index contributed by atoms with van der Waals surface area (Å²) in [5.41, 5.74) is 0. The second-order valence-corrected chi connectivity index (χ2v) is 1.46. The topological polar surface area (TPSA) is 12.4 Å². The maximum Gasteiger partial charge on any atom is 0.0337 e. The third kappa shape index (κ3) is 4.78. The Kier molecular flexibility index (Phi) is 8.56. The van der Waals surface area contributed by atoms with Gasteiger partial charge < -0.3 is 17.0 Å². The molecule has 9 heavy (non-hydrogen) atoms. The molecule has 0 saturated carbocycles. The van der Waals surface area contributed by atoms with Crippen molar-refractivity contribution in [2.45, 2.75) is 6.92 Å². The van der Waals surface area contributed by atoms with Crippen molar-refractivity contribution in [3.8, 4) is 0 Å². The Morgan fingerprint density at radius 1 is 1.56 bits per heavy atom. The molecule has 0 aromatic heterocycles. The molecule has 3 heteroatoms. The maximum absolute atomic E-state index is 3.72. The fraction of sp³-hybridized carbons (Fsp3) is 0.167. The Bertz CT molecular complexity index is 147. The van der Waals surface area contributed by atoms with Crippen LogP contribution in [0.15, 0.2) is 23.3 Å². The fourth-order valence-electron chi connectivity index (χ4n) is 0.385. The number of nitrogens with zero attached hydrogens (tertiary/aromatic N) is 1. The van der Waals surface area contributed by atoms with Gasteiger partial charge in [-0.25, -0.2) is 4.99 Å². The van der Waals surface area contributed by atoms with Gasteiger partial charge in [0.05, 0.1) is 0 Å². The van der Waals surface area contributed by atoms with Crippen molar-refractivity contribution < 1.29 is 36.5 Å². The van der Waals surface area contributed by atoms with Gasteiger partial charge in [0, 0.05) is 31.6 Å². The van der Waals surface area contributed by atoms with E-state index in [1.807, 2.05) is 19.1 Å². The van der Waals surface area contributed by atoms with E-state index in [4.69, 9.17) is 0 Å². The number of aliphatic imine (C=N–C) groups is 1. The number of hydrogen-bond acceptors (Lipinski definition) is 1. The molecule has 1 aliphatic heterocycles. The molecule has 0 amide bonds. The van der Waals surface area contributed by atoms with Crippen molar-refractivity contribution >= 4 is 5.87 Å². The molecule has 1 aliphatic rings. The SMILES string of the molecule is C[C]1C=C=NC=C1.[Br-].[Zn]. The first-order valence-electron chi connectivity index (χ1n) is 2.18. The summed E-state index contributed by atoms with van der Waals surface area (Å²) in [5.74, 6) is 3.91. The van der Waals surface area contributed by atoms with Crippen LogP contribution in [-0.2, 0) is 19.5 Å². The third-order valence-corrected chi connectivity index (χ3v) is 0.779. The van der Waals surface area contributed by atoms with Gasteiger partial charge in [0.15, 0.2) is 0 Å². The molecule has 1 nitrogen and oxygen atoms in total. The standard InChI is InChI=1S/C6H6N.BrH.Zn/c1-6-2-4-7-5-3-6;;/h2-4H,1H3;1H;/p-1. The molecule has 1 heterocycles. The van der Waals surface area contributed by atoms with E-state index in [-0.39, 0.29) is 36.5 Å². The van der Waals surface area contributed by atoms with Gasteiger partial charge >= 0.3 is 0 Å². The summed E-state index contributed by atoms with van der Waals surface area (Å²) >= 11 is 0. The first kappa shape index (κ1) is 12.0. The second kappa shape index (κ2) is 6.41. The molecule has 45 valence electrons. The van der Waals surface area contributed by atoms with E-state index in [1.165, 1.54) is 5.92 Å². The van der Waals surface area contributed by atoms with Crippen LogP contribution < -0.4 is 17.0 Å². The van der Waals surface area contributed by atoms with Gasteiger partial charge in [0.1, 0.15) is 0 Å². The van der Waals surface area contributed by atoms with Crippen LogP contribution >= 0.6 is 0 Å². The zero-order valence-corrected chi connectivity index (χ0v) is 9.82. The molecular formula is C6H6BrNZn-. The fourth-order valence-corrected chi connectivity index (χ4v) is 0.385. The molecule has 1 radical (unpaired) electrons. The zero-order chi connectivity index (χ0) is 5.11. The predicted molar refractivity (Wildman–Crippen MR) is 30.1 cm³/mol. The van der Waals surface area contributed by atoms with Crippen LogP contribution in [0.25, 0.3) is 0 Å². The normalized spacial score (nSPS) is 14.3. The molecule has 0 spiro atoms. The zero-order valence-electron chi connectivity index (χ0n) is 5.26. The van der Waals surface area contributed by atoms with Gasteiger partial charge in [-0.2, -0.15) is 0 Å². The van der Waals surface area contributed by atoms with Crippen molar-refractivity contribution in [3.05, 3.63) is 24.3 Å². The summed E-state index contributed by atoms with van der Waals surface area (Å²) in [7, 11) is 0. The Morgan fingerprint density at radius 3 is 2.44 bits per heavy atom. The van der Waals surface area contributed by atoms with Crippen LogP contribution in [0.4, 0.5) is 0 Å². The molecule has 0 aliphatic carbocycles. The van der Waals surface area contributed by atoms with Gasteiger partial charge in [0.25, 0.3) is 0 Å². The average molecular weight is 237 g/mol. The molecule has 0 bridgehead atoms. The van der Waals surface area contributed by atoms with E-state index >= 15 is 0 Å². The Labute approximate surface area is 78.5 Å². The minimum absolute atomic E-state index is 0. The first-order valence-corrected chi connectivity index (χ1v) is 2.18. The Balaban J connectivity index is 0. The Hall–Kier alpha value is 0.293. The van der Waals surface area contributed by atoms with E-state index in [0.717, 1.165) is 0 Å². The molecule has 0 atom stereocenters.